The Kier molecular flexibility index (Phi) is 5.47. The molecule has 0 amide bonds. The lowest BCUT2D eigenvalue weighted by atomic mass is 10.0. The number of aromatic nitrogens is 1. The summed E-state index contributed by atoms with van der Waals surface area (Å²) in [6, 6.07) is 3.74. The third-order valence-corrected chi connectivity index (χ3v) is 3.36. The van der Waals surface area contributed by atoms with Gasteiger partial charge >= 0.3 is 0 Å². The van der Waals surface area contributed by atoms with Crippen LogP contribution in [0.3, 0.4) is 0 Å². The Morgan fingerprint density at radius 2 is 2.15 bits per heavy atom. The van der Waals surface area contributed by atoms with Gasteiger partial charge in [0.05, 0.1) is 12.3 Å². The summed E-state index contributed by atoms with van der Waals surface area (Å²) in [7, 11) is 0. The van der Waals surface area contributed by atoms with Gasteiger partial charge < -0.3 is 20.5 Å². The zero-order valence-electron chi connectivity index (χ0n) is 12.4. The van der Waals surface area contributed by atoms with E-state index in [0.717, 1.165) is 38.4 Å². The van der Waals surface area contributed by atoms with E-state index in [9.17, 15) is 0 Å². The SMILES string of the molecule is CC(C)COc1nc(NCC2CCOCC2)ccc1N. The Morgan fingerprint density at radius 3 is 2.85 bits per heavy atom. The summed E-state index contributed by atoms with van der Waals surface area (Å²) in [5.74, 6) is 2.46. The lowest BCUT2D eigenvalue weighted by Crippen LogP contribution is -2.23. The third kappa shape index (κ3) is 4.56. The topological polar surface area (TPSA) is 69.4 Å². The highest BCUT2D eigenvalue weighted by Gasteiger charge is 2.14. The molecule has 1 aliphatic rings. The van der Waals surface area contributed by atoms with Gasteiger partial charge in [-0.3, -0.25) is 0 Å². The Bertz CT molecular complexity index is 418. The first kappa shape index (κ1) is 14.9. The molecule has 1 aromatic rings. The summed E-state index contributed by atoms with van der Waals surface area (Å²) in [6.07, 6.45) is 2.22. The van der Waals surface area contributed by atoms with Crippen LogP contribution in [-0.2, 0) is 4.74 Å². The van der Waals surface area contributed by atoms with Crippen molar-refractivity contribution >= 4 is 11.5 Å². The monoisotopic (exact) mass is 279 g/mol. The first-order valence-corrected chi connectivity index (χ1v) is 7.36. The second-order valence-corrected chi connectivity index (χ2v) is 5.73. The van der Waals surface area contributed by atoms with Crippen LogP contribution in [0.1, 0.15) is 26.7 Å². The summed E-state index contributed by atoms with van der Waals surface area (Å²) in [5, 5.41) is 3.37. The molecule has 0 spiro atoms. The Morgan fingerprint density at radius 1 is 1.40 bits per heavy atom. The highest BCUT2D eigenvalue weighted by Crippen LogP contribution is 2.22. The van der Waals surface area contributed by atoms with E-state index < -0.39 is 0 Å². The van der Waals surface area contributed by atoms with Crippen LogP contribution in [0, 0.1) is 11.8 Å². The molecule has 2 rings (SSSR count). The molecule has 1 fully saturated rings. The van der Waals surface area contributed by atoms with Gasteiger partial charge in [-0.1, -0.05) is 13.8 Å². The summed E-state index contributed by atoms with van der Waals surface area (Å²) in [5.41, 5.74) is 6.47. The molecule has 0 atom stereocenters. The largest absolute Gasteiger partial charge is 0.476 e. The number of rotatable bonds is 6. The predicted molar refractivity (Wildman–Crippen MR) is 81.0 cm³/mol. The van der Waals surface area contributed by atoms with Gasteiger partial charge in [0.15, 0.2) is 0 Å². The van der Waals surface area contributed by atoms with Gasteiger partial charge in [0.25, 0.3) is 0 Å². The summed E-state index contributed by atoms with van der Waals surface area (Å²) in [4.78, 5) is 4.44. The fourth-order valence-electron chi connectivity index (χ4n) is 2.11. The number of nitrogens with one attached hydrogen (secondary N) is 1. The zero-order valence-corrected chi connectivity index (χ0v) is 12.4. The maximum Gasteiger partial charge on any atom is 0.239 e. The van der Waals surface area contributed by atoms with Crippen LogP contribution in [0.25, 0.3) is 0 Å². The molecule has 112 valence electrons. The van der Waals surface area contributed by atoms with Crippen LogP contribution in [0.2, 0.25) is 0 Å². The van der Waals surface area contributed by atoms with Crippen molar-refractivity contribution in [2.45, 2.75) is 26.7 Å². The predicted octanol–water partition coefficient (Wildman–Crippen LogP) is 2.54. The first-order valence-electron chi connectivity index (χ1n) is 7.36. The van der Waals surface area contributed by atoms with E-state index in [-0.39, 0.29) is 0 Å². The van der Waals surface area contributed by atoms with Gasteiger partial charge in [0.2, 0.25) is 5.88 Å². The van der Waals surface area contributed by atoms with Crippen LogP contribution in [0.4, 0.5) is 11.5 Å². The van der Waals surface area contributed by atoms with Crippen molar-refractivity contribution in [2.24, 2.45) is 11.8 Å². The van der Waals surface area contributed by atoms with E-state index >= 15 is 0 Å². The maximum absolute atomic E-state index is 5.88. The van der Waals surface area contributed by atoms with E-state index in [1.165, 1.54) is 0 Å². The molecule has 0 aromatic carbocycles. The zero-order chi connectivity index (χ0) is 14.4. The Balaban J connectivity index is 1.89. The number of hydrogen-bond acceptors (Lipinski definition) is 5. The molecule has 20 heavy (non-hydrogen) atoms. The first-order chi connectivity index (χ1) is 9.65. The van der Waals surface area contributed by atoms with Gasteiger partial charge in [-0.15, -0.1) is 0 Å². The van der Waals surface area contributed by atoms with Crippen molar-refractivity contribution < 1.29 is 9.47 Å². The molecular formula is C15H25N3O2. The van der Waals surface area contributed by atoms with Gasteiger partial charge in [-0.2, -0.15) is 4.98 Å². The fraction of sp³-hybridized carbons (Fsp3) is 0.667. The van der Waals surface area contributed by atoms with Gasteiger partial charge in [-0.05, 0) is 36.8 Å². The summed E-state index contributed by atoms with van der Waals surface area (Å²) >= 11 is 0. The Labute approximate surface area is 120 Å². The molecule has 2 heterocycles. The second-order valence-electron chi connectivity index (χ2n) is 5.73. The number of nitrogen functional groups attached to an aromatic ring is 1. The van der Waals surface area contributed by atoms with Crippen molar-refractivity contribution in [1.82, 2.24) is 4.98 Å². The minimum atomic E-state index is 0.454. The van der Waals surface area contributed by atoms with Gasteiger partial charge in [-0.25, -0.2) is 0 Å². The standard InChI is InChI=1S/C15H25N3O2/c1-11(2)10-20-15-13(16)3-4-14(18-15)17-9-12-5-7-19-8-6-12/h3-4,11-12H,5-10,16H2,1-2H3,(H,17,18). The number of pyridine rings is 1. The molecule has 1 aliphatic heterocycles. The maximum atomic E-state index is 5.88. The quantitative estimate of drug-likeness (QED) is 0.837. The number of anilines is 2. The molecule has 1 saturated heterocycles. The molecule has 0 saturated carbocycles. The molecule has 1 aromatic heterocycles. The summed E-state index contributed by atoms with van der Waals surface area (Å²) in [6.45, 7) is 7.48. The van der Waals surface area contributed by atoms with Gasteiger partial charge in [0, 0.05) is 19.8 Å². The molecule has 3 N–H and O–H groups in total. The van der Waals surface area contributed by atoms with Gasteiger partial charge in [0.1, 0.15) is 5.82 Å². The third-order valence-electron chi connectivity index (χ3n) is 3.36. The van der Waals surface area contributed by atoms with Crippen molar-refractivity contribution in [3.63, 3.8) is 0 Å². The van der Waals surface area contributed by atoms with E-state index in [0.29, 0.717) is 30.0 Å². The highest BCUT2D eigenvalue weighted by atomic mass is 16.5. The van der Waals surface area contributed by atoms with E-state index in [2.05, 4.69) is 24.1 Å². The second kappa shape index (κ2) is 7.33. The number of hydrogen-bond donors (Lipinski definition) is 2. The van der Waals surface area contributed by atoms with Crippen molar-refractivity contribution in [3.05, 3.63) is 12.1 Å². The van der Waals surface area contributed by atoms with Crippen LogP contribution in [0.15, 0.2) is 12.1 Å². The number of nitrogens with zero attached hydrogens (tertiary/aromatic N) is 1. The van der Waals surface area contributed by atoms with Crippen molar-refractivity contribution in [3.8, 4) is 5.88 Å². The van der Waals surface area contributed by atoms with Crippen molar-refractivity contribution in [2.75, 3.05) is 37.4 Å². The van der Waals surface area contributed by atoms with Crippen LogP contribution in [-0.4, -0.2) is 31.3 Å². The van der Waals surface area contributed by atoms with Crippen molar-refractivity contribution in [1.29, 1.82) is 0 Å². The smallest absolute Gasteiger partial charge is 0.239 e. The molecule has 0 radical (unpaired) electrons. The minimum absolute atomic E-state index is 0.454. The average molecular weight is 279 g/mol. The molecule has 0 bridgehead atoms. The van der Waals surface area contributed by atoms with E-state index in [1.54, 1.807) is 0 Å². The molecule has 0 unspecified atom stereocenters. The number of nitrogens with two attached hydrogens (primary N) is 1. The molecule has 0 aliphatic carbocycles. The van der Waals surface area contributed by atoms with Crippen LogP contribution in [0.5, 0.6) is 5.88 Å². The highest BCUT2D eigenvalue weighted by molar-refractivity contribution is 5.53. The average Bonchev–Trinajstić information content (AvgIpc) is 2.46. The van der Waals surface area contributed by atoms with E-state index in [4.69, 9.17) is 15.2 Å². The summed E-state index contributed by atoms with van der Waals surface area (Å²) < 4.78 is 11.0. The lowest BCUT2D eigenvalue weighted by Gasteiger charge is -2.22. The fourth-order valence-corrected chi connectivity index (χ4v) is 2.11. The van der Waals surface area contributed by atoms with E-state index in [1.807, 2.05) is 12.1 Å². The minimum Gasteiger partial charge on any atom is -0.476 e. The Hall–Kier alpha value is -1.49. The van der Waals surface area contributed by atoms with Crippen LogP contribution >= 0.6 is 0 Å². The molecule has 5 nitrogen and oxygen atoms in total. The lowest BCUT2D eigenvalue weighted by molar-refractivity contribution is 0.0699. The van der Waals surface area contributed by atoms with Crippen LogP contribution < -0.4 is 15.8 Å². The normalized spacial score (nSPS) is 16.4. The number of ether oxygens (including phenoxy) is 2. The molecular weight excluding hydrogens is 254 g/mol. The molecule has 5 heteroatoms.